The van der Waals surface area contributed by atoms with Gasteiger partial charge in [0.2, 0.25) is 5.91 Å². The van der Waals surface area contributed by atoms with E-state index in [1.807, 2.05) is 0 Å². The monoisotopic (exact) mass is 341 g/mol. The Morgan fingerprint density at radius 3 is 2.57 bits per heavy atom. The van der Waals surface area contributed by atoms with Crippen molar-refractivity contribution in [2.75, 3.05) is 26.4 Å². The predicted molar refractivity (Wildman–Crippen MR) is 85.9 cm³/mol. The van der Waals surface area contributed by atoms with Crippen molar-refractivity contribution < 1.29 is 23.1 Å². The van der Waals surface area contributed by atoms with Crippen LogP contribution in [0.1, 0.15) is 19.4 Å². The molecular formula is C16H23NO5S. The zero-order valence-electron chi connectivity index (χ0n) is 13.4. The van der Waals surface area contributed by atoms with Crippen molar-refractivity contribution in [1.29, 1.82) is 0 Å². The van der Waals surface area contributed by atoms with Gasteiger partial charge in [-0.2, -0.15) is 0 Å². The third-order valence-electron chi connectivity index (χ3n) is 3.99. The number of sulfone groups is 1. The number of rotatable bonds is 5. The molecule has 6 nitrogen and oxygen atoms in total. The first kappa shape index (κ1) is 17.9. The summed E-state index contributed by atoms with van der Waals surface area (Å²) in [7, 11) is -3.30. The Morgan fingerprint density at radius 1 is 1.35 bits per heavy atom. The Balaban J connectivity index is 2.07. The first-order chi connectivity index (χ1) is 10.9. The summed E-state index contributed by atoms with van der Waals surface area (Å²) in [5.41, 5.74) is 0.751. The van der Waals surface area contributed by atoms with Crippen molar-refractivity contribution in [3.8, 4) is 0 Å². The van der Waals surface area contributed by atoms with Crippen molar-refractivity contribution in [3.63, 3.8) is 0 Å². The molecule has 1 aromatic carbocycles. The van der Waals surface area contributed by atoms with E-state index in [1.165, 1.54) is 0 Å². The Morgan fingerprint density at radius 2 is 2.00 bits per heavy atom. The molecule has 1 amide bonds. The summed E-state index contributed by atoms with van der Waals surface area (Å²) < 4.78 is 29.4. The van der Waals surface area contributed by atoms with Crippen molar-refractivity contribution in [2.24, 2.45) is 0 Å². The SMILES string of the molecule is CC(C)S(=O)(=O)c1ccc(CC(=O)N2CCOC[C@H]2CO)cc1. The molecule has 23 heavy (non-hydrogen) atoms. The van der Waals surface area contributed by atoms with Crippen LogP contribution in [0.3, 0.4) is 0 Å². The lowest BCUT2D eigenvalue weighted by Crippen LogP contribution is -2.51. The fourth-order valence-electron chi connectivity index (χ4n) is 2.48. The fraction of sp³-hybridized carbons (Fsp3) is 0.562. The number of hydrogen-bond donors (Lipinski definition) is 1. The molecule has 1 aliphatic rings. The molecule has 2 rings (SSSR count). The highest BCUT2D eigenvalue weighted by Gasteiger charge is 2.26. The minimum absolute atomic E-state index is 0.0909. The molecule has 0 radical (unpaired) electrons. The summed E-state index contributed by atoms with van der Waals surface area (Å²) in [4.78, 5) is 14.3. The number of amides is 1. The van der Waals surface area contributed by atoms with Crippen LogP contribution in [0, 0.1) is 0 Å². The Bertz CT molecular complexity index is 639. The van der Waals surface area contributed by atoms with Gasteiger partial charge >= 0.3 is 0 Å². The number of nitrogens with zero attached hydrogens (tertiary/aromatic N) is 1. The van der Waals surface area contributed by atoms with Gasteiger partial charge in [0.1, 0.15) is 0 Å². The lowest BCUT2D eigenvalue weighted by molar-refractivity contribution is -0.140. The summed E-state index contributed by atoms with van der Waals surface area (Å²) in [6.07, 6.45) is 0.179. The Hall–Kier alpha value is -1.44. The van der Waals surface area contributed by atoms with Gasteiger partial charge < -0.3 is 14.7 Å². The summed E-state index contributed by atoms with van der Waals surface area (Å²) in [5.74, 6) is -0.0909. The molecule has 128 valence electrons. The van der Waals surface area contributed by atoms with Crippen molar-refractivity contribution in [2.45, 2.75) is 36.5 Å². The van der Waals surface area contributed by atoms with E-state index < -0.39 is 15.1 Å². The van der Waals surface area contributed by atoms with Crippen LogP contribution < -0.4 is 0 Å². The quantitative estimate of drug-likeness (QED) is 0.849. The van der Waals surface area contributed by atoms with E-state index in [2.05, 4.69) is 0 Å². The number of hydrogen-bond acceptors (Lipinski definition) is 5. The van der Waals surface area contributed by atoms with E-state index in [4.69, 9.17) is 4.74 Å². The van der Waals surface area contributed by atoms with Crippen LogP contribution in [0.2, 0.25) is 0 Å². The van der Waals surface area contributed by atoms with Crippen molar-refractivity contribution in [3.05, 3.63) is 29.8 Å². The van der Waals surface area contributed by atoms with E-state index in [0.717, 1.165) is 5.56 Å². The van der Waals surface area contributed by atoms with Gasteiger partial charge in [0.25, 0.3) is 0 Å². The van der Waals surface area contributed by atoms with Gasteiger partial charge in [0.15, 0.2) is 9.84 Å². The summed E-state index contributed by atoms with van der Waals surface area (Å²) in [6, 6.07) is 6.11. The highest BCUT2D eigenvalue weighted by molar-refractivity contribution is 7.92. The van der Waals surface area contributed by atoms with Gasteiger partial charge in [-0.15, -0.1) is 0 Å². The maximum absolute atomic E-state index is 12.4. The number of carbonyl (C=O) groups is 1. The van der Waals surface area contributed by atoms with Gasteiger partial charge in [0.05, 0.1) is 42.4 Å². The zero-order valence-corrected chi connectivity index (χ0v) is 14.3. The van der Waals surface area contributed by atoms with E-state index >= 15 is 0 Å². The zero-order chi connectivity index (χ0) is 17.0. The average Bonchev–Trinajstić information content (AvgIpc) is 2.55. The Kier molecular flexibility index (Phi) is 5.78. The maximum atomic E-state index is 12.4. The average molecular weight is 341 g/mol. The Labute approximate surface area is 137 Å². The highest BCUT2D eigenvalue weighted by atomic mass is 32.2. The van der Waals surface area contributed by atoms with Gasteiger partial charge in [-0.1, -0.05) is 12.1 Å². The van der Waals surface area contributed by atoms with Crippen LogP contribution in [-0.2, 0) is 25.8 Å². The molecule has 1 heterocycles. The van der Waals surface area contributed by atoms with E-state index in [0.29, 0.717) is 19.8 Å². The smallest absolute Gasteiger partial charge is 0.227 e. The van der Waals surface area contributed by atoms with E-state index in [1.54, 1.807) is 43.0 Å². The second-order valence-electron chi connectivity index (χ2n) is 5.91. The molecule has 1 aliphatic heterocycles. The maximum Gasteiger partial charge on any atom is 0.227 e. The molecule has 0 unspecified atom stereocenters. The van der Waals surface area contributed by atoms with Crippen molar-refractivity contribution in [1.82, 2.24) is 4.90 Å². The van der Waals surface area contributed by atoms with E-state index in [-0.39, 0.29) is 29.9 Å². The predicted octanol–water partition coefficient (Wildman–Crippen LogP) is 0.631. The molecule has 1 atom stereocenters. The summed E-state index contributed by atoms with van der Waals surface area (Å²) >= 11 is 0. The summed E-state index contributed by atoms with van der Waals surface area (Å²) in [5, 5.41) is 8.84. The summed E-state index contributed by atoms with van der Waals surface area (Å²) in [6.45, 7) is 4.42. The van der Waals surface area contributed by atoms with Crippen LogP contribution in [-0.4, -0.2) is 62.0 Å². The molecule has 0 saturated carbocycles. The second kappa shape index (κ2) is 7.42. The van der Waals surface area contributed by atoms with E-state index in [9.17, 15) is 18.3 Å². The van der Waals surface area contributed by atoms with Gasteiger partial charge in [0, 0.05) is 6.54 Å². The normalized spacial score (nSPS) is 19.1. The second-order valence-corrected chi connectivity index (χ2v) is 8.42. The topological polar surface area (TPSA) is 83.9 Å². The van der Waals surface area contributed by atoms with Gasteiger partial charge in [-0.05, 0) is 31.5 Å². The standard InChI is InChI=1S/C16H23NO5S/c1-12(2)23(20,21)15-5-3-13(4-6-15)9-16(19)17-7-8-22-11-14(17)10-18/h3-6,12,14,18H,7-11H2,1-2H3/t14-/m1/s1. The molecule has 7 heteroatoms. The number of aliphatic hydroxyl groups excluding tert-OH is 1. The molecule has 0 bridgehead atoms. The first-order valence-corrected chi connectivity index (χ1v) is 9.21. The fourth-order valence-corrected chi connectivity index (χ4v) is 3.54. The van der Waals surface area contributed by atoms with Gasteiger partial charge in [-0.25, -0.2) is 8.42 Å². The number of aliphatic hydroxyl groups is 1. The largest absolute Gasteiger partial charge is 0.394 e. The van der Waals surface area contributed by atoms with Crippen LogP contribution in [0.5, 0.6) is 0 Å². The molecule has 0 aliphatic carbocycles. The van der Waals surface area contributed by atoms with Crippen LogP contribution >= 0.6 is 0 Å². The molecule has 0 spiro atoms. The van der Waals surface area contributed by atoms with Crippen LogP contribution in [0.25, 0.3) is 0 Å². The number of benzene rings is 1. The number of carbonyl (C=O) groups excluding carboxylic acids is 1. The molecule has 1 fully saturated rings. The molecule has 1 aromatic rings. The lowest BCUT2D eigenvalue weighted by atomic mass is 10.1. The molecular weight excluding hydrogens is 318 g/mol. The number of ether oxygens (including phenoxy) is 1. The lowest BCUT2D eigenvalue weighted by Gasteiger charge is -2.34. The third kappa shape index (κ3) is 4.10. The number of morpholine rings is 1. The third-order valence-corrected chi connectivity index (χ3v) is 6.16. The highest BCUT2D eigenvalue weighted by Crippen LogP contribution is 2.17. The van der Waals surface area contributed by atoms with Crippen LogP contribution in [0.4, 0.5) is 0 Å². The van der Waals surface area contributed by atoms with Crippen LogP contribution in [0.15, 0.2) is 29.2 Å². The molecule has 1 saturated heterocycles. The minimum Gasteiger partial charge on any atom is -0.394 e. The van der Waals surface area contributed by atoms with Gasteiger partial charge in [-0.3, -0.25) is 4.79 Å². The molecule has 0 aromatic heterocycles. The minimum atomic E-state index is -3.30. The first-order valence-electron chi connectivity index (χ1n) is 7.67. The van der Waals surface area contributed by atoms with Crippen molar-refractivity contribution >= 4 is 15.7 Å². The molecule has 1 N–H and O–H groups in total.